The van der Waals surface area contributed by atoms with E-state index in [1.54, 1.807) is 0 Å². The molecule has 0 saturated heterocycles. The first-order chi connectivity index (χ1) is 8.36. The van der Waals surface area contributed by atoms with Crippen molar-refractivity contribution < 1.29 is 10.2 Å². The Hall–Kier alpha value is -1.58. The van der Waals surface area contributed by atoms with Crippen LogP contribution in [-0.2, 0) is 0 Å². The van der Waals surface area contributed by atoms with E-state index in [9.17, 15) is 0 Å². The molecule has 2 N–H and O–H groups in total. The maximum Gasteiger partial charge on any atom is 0.0606 e. The topological polar surface area (TPSA) is 43.7 Å². The van der Waals surface area contributed by atoms with Gasteiger partial charge in [-0.15, -0.1) is 0 Å². The molecule has 0 fully saturated rings. The van der Waals surface area contributed by atoms with E-state index < -0.39 is 0 Å². The number of aliphatic hydroxyl groups is 2. The standard InChI is InChI=1S/C14H17NO2/c16-10-8-15(9-11-17)14-7-3-5-12-4-1-2-6-13(12)14/h1-7,16-17H,8-11H2. The van der Waals surface area contributed by atoms with E-state index in [0.717, 1.165) is 11.1 Å². The third kappa shape index (κ3) is 2.57. The van der Waals surface area contributed by atoms with Gasteiger partial charge in [0.05, 0.1) is 13.2 Å². The molecule has 0 aliphatic rings. The summed E-state index contributed by atoms with van der Waals surface area (Å²) in [5.74, 6) is 0. The summed E-state index contributed by atoms with van der Waals surface area (Å²) in [6, 6.07) is 14.2. The highest BCUT2D eigenvalue weighted by molar-refractivity contribution is 5.94. The van der Waals surface area contributed by atoms with E-state index in [0.29, 0.717) is 13.1 Å². The molecule has 0 amide bonds. The monoisotopic (exact) mass is 231 g/mol. The Morgan fingerprint density at radius 3 is 2.18 bits per heavy atom. The highest BCUT2D eigenvalue weighted by Crippen LogP contribution is 2.26. The molecule has 0 atom stereocenters. The lowest BCUT2D eigenvalue weighted by Crippen LogP contribution is -2.29. The van der Waals surface area contributed by atoms with Gasteiger partial charge >= 0.3 is 0 Å². The van der Waals surface area contributed by atoms with Crippen molar-refractivity contribution in [2.45, 2.75) is 0 Å². The lowest BCUT2D eigenvalue weighted by atomic mass is 10.1. The second-order valence-corrected chi connectivity index (χ2v) is 3.93. The Kier molecular flexibility index (Phi) is 3.96. The van der Waals surface area contributed by atoms with E-state index in [-0.39, 0.29) is 13.2 Å². The van der Waals surface area contributed by atoms with Crippen LogP contribution in [0.4, 0.5) is 5.69 Å². The van der Waals surface area contributed by atoms with Crippen LogP contribution in [0.1, 0.15) is 0 Å². The molecule has 0 aliphatic heterocycles. The van der Waals surface area contributed by atoms with Crippen LogP contribution >= 0.6 is 0 Å². The minimum absolute atomic E-state index is 0.0865. The van der Waals surface area contributed by atoms with Crippen molar-refractivity contribution in [3.63, 3.8) is 0 Å². The third-order valence-electron chi connectivity index (χ3n) is 2.85. The molecule has 0 bridgehead atoms. The molecule has 17 heavy (non-hydrogen) atoms. The minimum atomic E-state index is 0.0865. The fourth-order valence-electron chi connectivity index (χ4n) is 2.08. The van der Waals surface area contributed by atoms with Gasteiger partial charge in [-0.25, -0.2) is 0 Å². The molecule has 0 saturated carbocycles. The predicted octanol–water partition coefficient (Wildman–Crippen LogP) is 1.63. The molecule has 0 unspecified atom stereocenters. The number of hydrogen-bond donors (Lipinski definition) is 2. The Morgan fingerprint density at radius 1 is 0.824 bits per heavy atom. The van der Waals surface area contributed by atoms with Crippen LogP contribution in [0.3, 0.4) is 0 Å². The van der Waals surface area contributed by atoms with Gasteiger partial charge in [0.25, 0.3) is 0 Å². The molecule has 0 aliphatic carbocycles. The van der Waals surface area contributed by atoms with Gasteiger partial charge in [0.1, 0.15) is 0 Å². The zero-order valence-corrected chi connectivity index (χ0v) is 9.71. The molecule has 0 heterocycles. The fraction of sp³-hybridized carbons (Fsp3) is 0.286. The second kappa shape index (κ2) is 5.66. The molecule has 3 nitrogen and oxygen atoms in total. The van der Waals surface area contributed by atoms with Crippen molar-refractivity contribution in [1.82, 2.24) is 0 Å². The Labute approximate surface area is 101 Å². The zero-order chi connectivity index (χ0) is 12.1. The number of aliphatic hydroxyl groups excluding tert-OH is 2. The third-order valence-corrected chi connectivity index (χ3v) is 2.85. The maximum absolute atomic E-state index is 9.07. The number of benzene rings is 2. The molecule has 0 aromatic heterocycles. The Morgan fingerprint density at radius 2 is 1.47 bits per heavy atom. The van der Waals surface area contributed by atoms with Crippen molar-refractivity contribution in [1.29, 1.82) is 0 Å². The smallest absolute Gasteiger partial charge is 0.0606 e. The Bertz CT molecular complexity index is 473. The summed E-state index contributed by atoms with van der Waals surface area (Å²) in [6.45, 7) is 1.25. The van der Waals surface area contributed by atoms with Crippen LogP contribution in [0.5, 0.6) is 0 Å². The van der Waals surface area contributed by atoms with Gasteiger partial charge in [-0.2, -0.15) is 0 Å². The molecule has 90 valence electrons. The molecule has 2 aromatic carbocycles. The summed E-state index contributed by atoms with van der Waals surface area (Å²) in [7, 11) is 0. The van der Waals surface area contributed by atoms with E-state index in [4.69, 9.17) is 10.2 Å². The van der Waals surface area contributed by atoms with Gasteiger partial charge in [-0.1, -0.05) is 36.4 Å². The average Bonchev–Trinajstić information content (AvgIpc) is 2.38. The normalized spacial score (nSPS) is 10.7. The molecule has 0 radical (unpaired) electrons. The van der Waals surface area contributed by atoms with Crippen molar-refractivity contribution in [3.05, 3.63) is 42.5 Å². The molecular weight excluding hydrogens is 214 g/mol. The van der Waals surface area contributed by atoms with Gasteiger partial charge in [0.15, 0.2) is 0 Å². The van der Waals surface area contributed by atoms with Crippen LogP contribution in [0.2, 0.25) is 0 Å². The molecule has 2 aromatic rings. The van der Waals surface area contributed by atoms with Crippen molar-refractivity contribution in [2.24, 2.45) is 0 Å². The van der Waals surface area contributed by atoms with Crippen LogP contribution in [0.15, 0.2) is 42.5 Å². The summed E-state index contributed by atoms with van der Waals surface area (Å²) in [4.78, 5) is 2.00. The van der Waals surface area contributed by atoms with Crippen molar-refractivity contribution in [2.75, 3.05) is 31.2 Å². The van der Waals surface area contributed by atoms with Crippen LogP contribution < -0.4 is 4.90 Å². The average molecular weight is 231 g/mol. The Balaban J connectivity index is 2.44. The summed E-state index contributed by atoms with van der Waals surface area (Å²) in [5, 5.41) is 20.5. The summed E-state index contributed by atoms with van der Waals surface area (Å²) in [5.41, 5.74) is 1.06. The molecular formula is C14H17NO2. The molecule has 3 heteroatoms. The van der Waals surface area contributed by atoms with E-state index in [1.807, 2.05) is 29.2 Å². The highest BCUT2D eigenvalue weighted by Gasteiger charge is 2.08. The van der Waals surface area contributed by atoms with E-state index >= 15 is 0 Å². The quantitative estimate of drug-likeness (QED) is 0.822. The van der Waals surface area contributed by atoms with Gasteiger partial charge in [0, 0.05) is 24.2 Å². The van der Waals surface area contributed by atoms with E-state index in [1.165, 1.54) is 5.39 Å². The van der Waals surface area contributed by atoms with Gasteiger partial charge in [-0.3, -0.25) is 0 Å². The van der Waals surface area contributed by atoms with Crippen LogP contribution in [0, 0.1) is 0 Å². The number of hydrogen-bond acceptors (Lipinski definition) is 3. The number of rotatable bonds is 5. The second-order valence-electron chi connectivity index (χ2n) is 3.93. The maximum atomic E-state index is 9.07. The summed E-state index contributed by atoms with van der Waals surface area (Å²) in [6.07, 6.45) is 0. The van der Waals surface area contributed by atoms with Gasteiger partial charge in [0.2, 0.25) is 0 Å². The first-order valence-corrected chi connectivity index (χ1v) is 5.81. The SMILES string of the molecule is OCCN(CCO)c1cccc2ccccc12. The van der Waals surface area contributed by atoms with Gasteiger partial charge in [-0.05, 0) is 11.5 Å². The summed E-state index contributed by atoms with van der Waals surface area (Å²) < 4.78 is 0. The van der Waals surface area contributed by atoms with Gasteiger partial charge < -0.3 is 15.1 Å². The first-order valence-electron chi connectivity index (χ1n) is 5.81. The molecule has 2 rings (SSSR count). The lowest BCUT2D eigenvalue weighted by molar-refractivity contribution is 0.281. The predicted molar refractivity (Wildman–Crippen MR) is 70.3 cm³/mol. The lowest BCUT2D eigenvalue weighted by Gasteiger charge is -2.24. The minimum Gasteiger partial charge on any atom is -0.395 e. The fourth-order valence-corrected chi connectivity index (χ4v) is 2.08. The highest BCUT2D eigenvalue weighted by atomic mass is 16.3. The van der Waals surface area contributed by atoms with Crippen LogP contribution in [0.25, 0.3) is 10.8 Å². The molecule has 0 spiro atoms. The number of nitrogens with zero attached hydrogens (tertiary/aromatic N) is 1. The van der Waals surface area contributed by atoms with E-state index in [2.05, 4.69) is 18.2 Å². The first kappa shape index (κ1) is 11.9. The van der Waals surface area contributed by atoms with Crippen molar-refractivity contribution in [3.8, 4) is 0 Å². The largest absolute Gasteiger partial charge is 0.395 e. The number of anilines is 1. The number of fused-ring (bicyclic) bond motifs is 1. The van der Waals surface area contributed by atoms with Crippen LogP contribution in [-0.4, -0.2) is 36.5 Å². The van der Waals surface area contributed by atoms with Crippen molar-refractivity contribution >= 4 is 16.5 Å². The zero-order valence-electron chi connectivity index (χ0n) is 9.71. The summed E-state index contributed by atoms with van der Waals surface area (Å²) >= 11 is 0.